The Labute approximate surface area is 611 Å². The summed E-state index contributed by atoms with van der Waals surface area (Å²) in [5.74, 6) is -1.99. The Morgan fingerprint density at radius 2 is 0.704 bits per heavy atom. The number of hydrogen-bond donors (Lipinski definition) is 6. The van der Waals surface area contributed by atoms with Crippen molar-refractivity contribution in [3.8, 4) is 17.6 Å². The second-order valence-electron chi connectivity index (χ2n) is 25.1. The van der Waals surface area contributed by atoms with E-state index >= 15 is 0 Å². The molecule has 6 fully saturated rings. The minimum absolute atomic E-state index is 0.0295. The number of nitrogens with two attached hydrogens (primary N) is 3. The molecule has 0 radical (unpaired) electrons. The molecule has 3 aromatic carbocycles. The van der Waals surface area contributed by atoms with Gasteiger partial charge in [-0.3, -0.25) is 54.4 Å². The van der Waals surface area contributed by atoms with E-state index in [1.807, 2.05) is 54.6 Å². The molecule has 45 heteroatoms. The third-order valence-electron chi connectivity index (χ3n) is 17.4. The summed E-state index contributed by atoms with van der Waals surface area (Å²) in [7, 11) is -8.41. The summed E-state index contributed by atoms with van der Waals surface area (Å²) in [6.45, 7) is 1.74. The average Bonchev–Trinajstić information content (AvgIpc) is 1.59. The van der Waals surface area contributed by atoms with Crippen LogP contribution in [0, 0.1) is 0 Å². The van der Waals surface area contributed by atoms with Crippen LogP contribution >= 0.6 is 23.5 Å². The molecule has 6 aliphatic heterocycles. The van der Waals surface area contributed by atoms with Crippen LogP contribution in [0.3, 0.4) is 0 Å². The Kier molecular flexibility index (Phi) is 22.3. The molecule has 0 aliphatic carbocycles. The lowest BCUT2D eigenvalue weighted by molar-refractivity contribution is -0.149. The first-order valence-electron chi connectivity index (χ1n) is 32.7. The third kappa shape index (κ3) is 16.2. The van der Waals surface area contributed by atoms with Crippen LogP contribution in [0.15, 0.2) is 110 Å². The summed E-state index contributed by atoms with van der Waals surface area (Å²) in [5.41, 5.74) is 16.2. The van der Waals surface area contributed by atoms with Crippen molar-refractivity contribution in [1.82, 2.24) is 58.6 Å². The van der Waals surface area contributed by atoms with Crippen molar-refractivity contribution in [1.29, 1.82) is 0 Å². The molecule has 9 N–H and O–H groups in total. The number of phosphoric ester groups is 3. The molecule has 108 heavy (non-hydrogen) atoms. The Hall–Kier alpha value is -9.39. The zero-order chi connectivity index (χ0) is 76.5. The summed E-state index contributed by atoms with van der Waals surface area (Å²) >= 11 is 0. The van der Waals surface area contributed by atoms with Crippen LogP contribution in [0.1, 0.15) is 56.1 Å². The molecule has 42 nitrogen and oxygen atoms in total. The Morgan fingerprint density at radius 1 is 0.444 bits per heavy atom. The number of imidazole rings is 3. The number of anilines is 3. The van der Waals surface area contributed by atoms with Crippen molar-refractivity contribution < 1.29 is 127 Å². The molecular formula is C63H72N15O27P3. The number of nitrogens with zero attached hydrogens (tertiary/aromatic N) is 12. The number of aliphatic hydroxyl groups is 3. The zero-order valence-electron chi connectivity index (χ0n) is 58.0. The monoisotopic (exact) mass is 1560 g/mol. The number of aromatic nitrogens is 12. The van der Waals surface area contributed by atoms with Gasteiger partial charge in [-0.15, -0.1) is 0 Å². The minimum Gasteiger partial charge on any atom is -0.479 e. The van der Waals surface area contributed by atoms with Crippen molar-refractivity contribution in [2.24, 2.45) is 0 Å². The lowest BCUT2D eigenvalue weighted by Crippen LogP contribution is -2.47. The molecule has 6 aromatic heterocycles. The second kappa shape index (κ2) is 31.3. The highest BCUT2D eigenvalue weighted by atomic mass is 31.2. The highest BCUT2D eigenvalue weighted by molar-refractivity contribution is 7.49. The maximum absolute atomic E-state index is 13.1. The summed E-state index contributed by atoms with van der Waals surface area (Å²) in [6, 6.07) is 27.2. The Bertz CT molecular complexity index is 4430. The number of rotatable bonds is 21. The quantitative estimate of drug-likeness (QED) is 0.0336. The fraction of sp³-hybridized carbons (Fsp3) is 0.429. The van der Waals surface area contributed by atoms with E-state index in [1.54, 1.807) is 36.4 Å². The van der Waals surface area contributed by atoms with Gasteiger partial charge in [0.1, 0.15) is 73.2 Å². The standard InChI is InChI=1S/3C21H24N5O9P/c3*1-21(28)16-13(34-19(21)26-11-23-15-17(26)24-20(22)25-18(15)30-2)9-32-36(29,35-16)33-10-14(27)31-8-12-6-4-3-5-7-12/h3*3-7,11,13,16,19,28H,8-10H2,1-2H3,(H2,22,24,25)/t13-,16-,19-,21-,36?;13-,16-,19-,21-,36+;13-,16-,19-,21-,36-/m111/s1. The molecule has 15 atom stereocenters. The summed E-state index contributed by atoms with van der Waals surface area (Å²) < 4.78 is 140. The number of fused-ring (bicyclic) bond motifs is 6. The Morgan fingerprint density at radius 3 is 0.954 bits per heavy atom. The van der Waals surface area contributed by atoms with Crippen molar-refractivity contribution in [2.45, 2.75) is 113 Å². The maximum Gasteiger partial charge on any atom is 0.475 e. The number of ether oxygens (including phenoxy) is 9. The van der Waals surface area contributed by atoms with E-state index in [-0.39, 0.29) is 92.1 Å². The highest BCUT2D eigenvalue weighted by Gasteiger charge is 2.63. The largest absolute Gasteiger partial charge is 0.479 e. The van der Waals surface area contributed by atoms with Gasteiger partial charge in [0.25, 0.3) is 0 Å². The van der Waals surface area contributed by atoms with Crippen molar-refractivity contribution in [2.75, 3.05) is 78.2 Å². The smallest absolute Gasteiger partial charge is 0.475 e. The number of phosphoric acid groups is 3. The maximum atomic E-state index is 13.1. The molecule has 0 spiro atoms. The molecule has 6 aliphatic rings. The molecule has 0 bridgehead atoms. The lowest BCUT2D eigenvalue weighted by atomic mass is 9.96. The Balaban J connectivity index is 0.000000143. The van der Waals surface area contributed by atoms with E-state index in [4.69, 9.17) is 101 Å². The molecule has 576 valence electrons. The molecule has 12 heterocycles. The van der Waals surface area contributed by atoms with Gasteiger partial charge < -0.3 is 75.2 Å². The highest BCUT2D eigenvalue weighted by Crippen LogP contribution is 2.62. The molecule has 0 saturated carbocycles. The fourth-order valence-electron chi connectivity index (χ4n) is 12.2. The summed E-state index contributed by atoms with van der Waals surface area (Å²) in [4.78, 5) is 73.4. The first kappa shape index (κ1) is 76.8. The van der Waals surface area contributed by atoms with E-state index in [0.717, 1.165) is 16.7 Å². The van der Waals surface area contributed by atoms with Crippen LogP contribution in [-0.2, 0) is 117 Å². The second-order valence-corrected chi connectivity index (χ2v) is 29.9. The molecule has 1 unspecified atom stereocenters. The number of carbonyl (C=O) groups excluding carboxylic acids is 3. The first-order chi connectivity index (χ1) is 51.6. The molecule has 0 amide bonds. The predicted molar refractivity (Wildman–Crippen MR) is 364 cm³/mol. The average molecular weight is 1560 g/mol. The van der Waals surface area contributed by atoms with Gasteiger partial charge in [-0.1, -0.05) is 91.0 Å². The summed E-state index contributed by atoms with van der Waals surface area (Å²) in [6.07, 6.45) is -4.83. The van der Waals surface area contributed by atoms with Gasteiger partial charge in [-0.25, -0.2) is 43.0 Å². The number of carbonyl (C=O) groups is 3. The van der Waals surface area contributed by atoms with E-state index in [2.05, 4.69) is 44.9 Å². The first-order valence-corrected chi connectivity index (χ1v) is 37.0. The molecule has 6 saturated heterocycles. The van der Waals surface area contributed by atoms with Gasteiger partial charge in [0.15, 0.2) is 72.0 Å². The van der Waals surface area contributed by atoms with E-state index in [0.29, 0.717) is 16.6 Å². The van der Waals surface area contributed by atoms with Crippen molar-refractivity contribution in [3.05, 3.63) is 127 Å². The van der Waals surface area contributed by atoms with Gasteiger partial charge >= 0.3 is 41.4 Å². The van der Waals surface area contributed by atoms with Crippen molar-refractivity contribution in [3.63, 3.8) is 0 Å². The SMILES string of the molecule is COc1nc(N)nc2c1ncn2[C@@H]1O[C@@H]2COP(=O)(OCC(=O)OCc3ccccc3)O[C@H]2[C@@]1(C)O.COc1nc(N)nc2c1ncn2[C@@H]1O[C@@H]2CO[P@@](=O)(OCC(=O)OCc3ccccc3)O[C@H]2[C@@]1(C)O.COc1nc(N)nc2c1ncn2[C@@H]1O[C@@H]2CO[P@](=O)(OCC(=O)OCc3ccccc3)O[C@H]2[C@@]1(C)O. The van der Waals surface area contributed by atoms with Gasteiger partial charge in [0, 0.05) is 0 Å². The number of hydrogen-bond acceptors (Lipinski definition) is 39. The van der Waals surface area contributed by atoms with E-state index < -0.39 is 133 Å². The van der Waals surface area contributed by atoms with Crippen molar-refractivity contribution >= 4 is 92.7 Å². The van der Waals surface area contributed by atoms with Crippen LogP contribution in [0.5, 0.6) is 17.6 Å². The van der Waals surface area contributed by atoms with Crippen LogP contribution in [0.25, 0.3) is 33.5 Å². The molecular weight excluding hydrogens is 1490 g/mol. The number of esters is 3. The topological polar surface area (TPSA) is 538 Å². The van der Waals surface area contributed by atoms with Gasteiger partial charge in [0.2, 0.25) is 35.5 Å². The number of methoxy groups -OCH3 is 3. The van der Waals surface area contributed by atoms with E-state index in [1.165, 1.54) is 74.8 Å². The predicted octanol–water partition coefficient (Wildman–Crippen LogP) is 4.05. The van der Waals surface area contributed by atoms with Crippen LogP contribution in [0.2, 0.25) is 0 Å². The van der Waals surface area contributed by atoms with Gasteiger partial charge in [0.05, 0.1) is 60.1 Å². The van der Waals surface area contributed by atoms with Crippen LogP contribution in [0.4, 0.5) is 17.8 Å². The van der Waals surface area contributed by atoms with Gasteiger partial charge in [-0.2, -0.15) is 29.9 Å². The third-order valence-corrected chi connectivity index (χ3v) is 21.6. The number of benzene rings is 3. The summed E-state index contributed by atoms with van der Waals surface area (Å²) in [5, 5.41) is 34.1. The van der Waals surface area contributed by atoms with Gasteiger partial charge in [-0.05, 0) is 37.5 Å². The zero-order valence-corrected chi connectivity index (χ0v) is 60.7. The van der Waals surface area contributed by atoms with Crippen LogP contribution in [-0.4, -0.2) is 206 Å². The van der Waals surface area contributed by atoms with E-state index in [9.17, 15) is 43.4 Å². The lowest BCUT2D eigenvalue weighted by Gasteiger charge is -2.34. The normalized spacial score (nSPS) is 29.7. The van der Waals surface area contributed by atoms with Crippen LogP contribution < -0.4 is 31.4 Å². The molecule has 9 aromatic rings. The molecule has 15 rings (SSSR count). The fourth-order valence-corrected chi connectivity index (χ4v) is 16.5. The minimum atomic E-state index is -4.22. The number of nitrogen functional groups attached to an aromatic ring is 3.